The molecule has 18 heavy (non-hydrogen) atoms. The summed E-state index contributed by atoms with van der Waals surface area (Å²) in [5.41, 5.74) is 0. The Kier molecular flexibility index (Phi) is 6.75. The summed E-state index contributed by atoms with van der Waals surface area (Å²) in [6, 6.07) is 5.75. The molecule has 0 spiro atoms. The maximum Gasteiger partial charge on any atom is 0.233 e. The number of carbonyl (C=O) groups excluding carboxylic acids is 1. The average Bonchev–Trinajstić information content (AvgIpc) is 2.37. The van der Waals surface area contributed by atoms with Gasteiger partial charge in [0.15, 0.2) is 0 Å². The molecule has 0 fully saturated rings. The highest BCUT2D eigenvalue weighted by Gasteiger charge is 2.16. The van der Waals surface area contributed by atoms with E-state index in [9.17, 15) is 4.79 Å². The summed E-state index contributed by atoms with van der Waals surface area (Å²) in [6.07, 6.45) is 3.23. The molecule has 0 saturated heterocycles. The van der Waals surface area contributed by atoms with Crippen LogP contribution in [0.3, 0.4) is 0 Å². The van der Waals surface area contributed by atoms with E-state index >= 15 is 0 Å². The molecule has 0 aromatic carbocycles. The molecular weight excluding hydrogens is 248 g/mol. The molecule has 0 radical (unpaired) electrons. The van der Waals surface area contributed by atoms with Gasteiger partial charge in [0.1, 0.15) is 0 Å². The predicted molar refractivity (Wildman–Crippen MR) is 73.5 cm³/mol. The van der Waals surface area contributed by atoms with Gasteiger partial charge < -0.3 is 10.4 Å². The zero-order chi connectivity index (χ0) is 13.4. The lowest BCUT2D eigenvalue weighted by Crippen LogP contribution is -2.37. The highest BCUT2D eigenvalue weighted by Crippen LogP contribution is 2.20. The Labute approximate surface area is 112 Å². The largest absolute Gasteiger partial charge is 0.396 e. The van der Waals surface area contributed by atoms with Crippen molar-refractivity contribution in [3.05, 3.63) is 24.4 Å². The molecule has 0 saturated carbocycles. The van der Waals surface area contributed by atoms with Gasteiger partial charge in [0.05, 0.1) is 10.3 Å². The molecule has 4 nitrogen and oxygen atoms in total. The number of rotatable bonds is 7. The number of thioether (sulfide) groups is 1. The van der Waals surface area contributed by atoms with Crippen molar-refractivity contribution >= 4 is 17.7 Å². The molecule has 1 aromatic heterocycles. The summed E-state index contributed by atoms with van der Waals surface area (Å²) in [7, 11) is 0. The van der Waals surface area contributed by atoms with Crippen LogP contribution in [-0.2, 0) is 4.79 Å². The summed E-state index contributed by atoms with van der Waals surface area (Å²) in [5.74, 6) is 0.0103. The second-order valence-electron chi connectivity index (χ2n) is 4.20. The maximum absolute atomic E-state index is 11.9. The van der Waals surface area contributed by atoms with E-state index in [1.165, 1.54) is 11.8 Å². The predicted octanol–water partition coefficient (Wildman–Crippen LogP) is 1.84. The Balaban J connectivity index is 2.37. The molecule has 1 aromatic rings. The summed E-state index contributed by atoms with van der Waals surface area (Å²) in [4.78, 5) is 16.1. The number of hydrogen-bond acceptors (Lipinski definition) is 4. The van der Waals surface area contributed by atoms with Crippen molar-refractivity contribution in [2.45, 2.75) is 43.0 Å². The third-order valence-electron chi connectivity index (χ3n) is 2.49. The van der Waals surface area contributed by atoms with Crippen LogP contribution in [0.15, 0.2) is 29.4 Å². The number of hydrogen-bond donors (Lipinski definition) is 2. The fraction of sp³-hybridized carbons (Fsp3) is 0.538. The van der Waals surface area contributed by atoms with Crippen molar-refractivity contribution in [3.63, 3.8) is 0 Å². The number of aliphatic hydroxyl groups is 1. The zero-order valence-corrected chi connectivity index (χ0v) is 11.6. The molecular formula is C13H20N2O2S. The third kappa shape index (κ3) is 5.51. The molecule has 5 heteroatoms. The summed E-state index contributed by atoms with van der Waals surface area (Å²) in [5, 5.41) is 12.3. The van der Waals surface area contributed by atoms with Crippen molar-refractivity contribution in [3.8, 4) is 0 Å². The minimum absolute atomic E-state index is 0.0103. The van der Waals surface area contributed by atoms with Crippen molar-refractivity contribution in [1.82, 2.24) is 10.3 Å². The number of pyridine rings is 1. The summed E-state index contributed by atoms with van der Waals surface area (Å²) >= 11 is 1.44. The van der Waals surface area contributed by atoms with Crippen LogP contribution in [0, 0.1) is 0 Å². The van der Waals surface area contributed by atoms with E-state index in [0.717, 1.165) is 11.4 Å². The van der Waals surface area contributed by atoms with Crippen LogP contribution in [0.4, 0.5) is 0 Å². The number of nitrogens with one attached hydrogen (secondary N) is 1. The van der Waals surface area contributed by atoms with Gasteiger partial charge >= 0.3 is 0 Å². The van der Waals surface area contributed by atoms with Gasteiger partial charge in [-0.05, 0) is 38.8 Å². The summed E-state index contributed by atoms with van der Waals surface area (Å²) < 4.78 is 0. The number of amides is 1. The van der Waals surface area contributed by atoms with Crippen LogP contribution < -0.4 is 5.32 Å². The Hall–Kier alpha value is -1.07. The molecule has 1 rings (SSSR count). The molecule has 2 atom stereocenters. The van der Waals surface area contributed by atoms with E-state index < -0.39 is 0 Å². The SMILES string of the molecule is CC(CCCO)NC(=O)C(C)Sc1ccccn1. The van der Waals surface area contributed by atoms with Crippen LogP contribution in [0.1, 0.15) is 26.7 Å². The van der Waals surface area contributed by atoms with Gasteiger partial charge in [0.25, 0.3) is 0 Å². The van der Waals surface area contributed by atoms with Crippen molar-refractivity contribution in [2.75, 3.05) is 6.61 Å². The van der Waals surface area contributed by atoms with Gasteiger partial charge in [0, 0.05) is 18.8 Å². The second kappa shape index (κ2) is 8.11. The first kappa shape index (κ1) is 15.0. The second-order valence-corrected chi connectivity index (χ2v) is 5.56. The first-order valence-corrected chi connectivity index (χ1v) is 7.00. The topological polar surface area (TPSA) is 62.2 Å². The Morgan fingerprint density at radius 2 is 2.28 bits per heavy atom. The van der Waals surface area contributed by atoms with Gasteiger partial charge in [-0.25, -0.2) is 4.98 Å². The standard InChI is InChI=1S/C13H20N2O2S/c1-10(6-5-9-16)15-13(17)11(2)18-12-7-3-4-8-14-12/h3-4,7-8,10-11,16H,5-6,9H2,1-2H3,(H,15,17). The fourth-order valence-electron chi connectivity index (χ4n) is 1.48. The van der Waals surface area contributed by atoms with E-state index in [2.05, 4.69) is 10.3 Å². The van der Waals surface area contributed by atoms with Crippen molar-refractivity contribution < 1.29 is 9.90 Å². The highest BCUT2D eigenvalue weighted by molar-refractivity contribution is 8.00. The smallest absolute Gasteiger partial charge is 0.233 e. The van der Waals surface area contributed by atoms with Crippen LogP contribution in [0.25, 0.3) is 0 Å². The number of nitrogens with zero attached hydrogens (tertiary/aromatic N) is 1. The molecule has 0 aliphatic rings. The minimum Gasteiger partial charge on any atom is -0.396 e. The Morgan fingerprint density at radius 3 is 2.89 bits per heavy atom. The minimum atomic E-state index is -0.170. The summed E-state index contributed by atoms with van der Waals surface area (Å²) in [6.45, 7) is 3.98. The number of aromatic nitrogens is 1. The highest BCUT2D eigenvalue weighted by atomic mass is 32.2. The number of aliphatic hydroxyl groups excluding tert-OH is 1. The maximum atomic E-state index is 11.9. The van der Waals surface area contributed by atoms with E-state index in [4.69, 9.17) is 5.11 Å². The van der Waals surface area contributed by atoms with E-state index in [0.29, 0.717) is 6.42 Å². The fourth-order valence-corrected chi connectivity index (χ4v) is 2.30. The lowest BCUT2D eigenvalue weighted by molar-refractivity contribution is -0.120. The quantitative estimate of drug-likeness (QED) is 0.741. The van der Waals surface area contributed by atoms with Gasteiger partial charge in [-0.2, -0.15) is 0 Å². The van der Waals surface area contributed by atoms with Crippen LogP contribution >= 0.6 is 11.8 Å². The molecule has 1 heterocycles. The number of carbonyl (C=O) groups is 1. The van der Waals surface area contributed by atoms with E-state index in [-0.39, 0.29) is 23.8 Å². The zero-order valence-electron chi connectivity index (χ0n) is 10.8. The van der Waals surface area contributed by atoms with Crippen LogP contribution in [0.2, 0.25) is 0 Å². The normalized spacial score (nSPS) is 13.9. The third-order valence-corrected chi connectivity index (χ3v) is 3.54. The average molecular weight is 268 g/mol. The Morgan fingerprint density at radius 1 is 1.50 bits per heavy atom. The molecule has 0 aliphatic heterocycles. The monoisotopic (exact) mass is 268 g/mol. The molecule has 2 unspecified atom stereocenters. The van der Waals surface area contributed by atoms with Crippen LogP contribution in [0.5, 0.6) is 0 Å². The molecule has 0 aliphatic carbocycles. The lowest BCUT2D eigenvalue weighted by Gasteiger charge is -2.16. The van der Waals surface area contributed by atoms with Gasteiger partial charge in [-0.1, -0.05) is 17.8 Å². The van der Waals surface area contributed by atoms with Crippen LogP contribution in [-0.4, -0.2) is 33.9 Å². The van der Waals surface area contributed by atoms with Gasteiger partial charge in [0.2, 0.25) is 5.91 Å². The molecule has 2 N–H and O–H groups in total. The van der Waals surface area contributed by atoms with E-state index in [1.54, 1.807) is 6.20 Å². The first-order valence-electron chi connectivity index (χ1n) is 6.12. The first-order chi connectivity index (χ1) is 8.63. The van der Waals surface area contributed by atoms with Crippen molar-refractivity contribution in [2.24, 2.45) is 0 Å². The molecule has 100 valence electrons. The molecule has 0 bridgehead atoms. The van der Waals surface area contributed by atoms with Crippen molar-refractivity contribution in [1.29, 1.82) is 0 Å². The molecule has 1 amide bonds. The van der Waals surface area contributed by atoms with Gasteiger partial charge in [-0.3, -0.25) is 4.79 Å². The Bertz CT molecular complexity index is 359. The van der Waals surface area contributed by atoms with E-state index in [1.807, 2.05) is 32.0 Å². The van der Waals surface area contributed by atoms with Gasteiger partial charge in [-0.15, -0.1) is 0 Å². The lowest BCUT2D eigenvalue weighted by atomic mass is 10.2.